The van der Waals surface area contributed by atoms with E-state index >= 15 is 0 Å². The minimum absolute atomic E-state index is 0.230. The SMILES string of the molecule is CC(C)NCC(C)(C)COC1CCN(C)CC1. The molecule has 0 radical (unpaired) electrons. The van der Waals surface area contributed by atoms with Gasteiger partial charge in [-0.05, 0) is 19.9 Å². The molecule has 1 saturated heterocycles. The monoisotopic (exact) mass is 242 g/mol. The molecule has 0 aliphatic carbocycles. The van der Waals surface area contributed by atoms with E-state index in [2.05, 4.69) is 45.0 Å². The molecule has 1 aliphatic heterocycles. The fourth-order valence-corrected chi connectivity index (χ4v) is 2.03. The topological polar surface area (TPSA) is 24.5 Å². The number of piperidine rings is 1. The van der Waals surface area contributed by atoms with Crippen molar-refractivity contribution in [2.24, 2.45) is 5.41 Å². The number of ether oxygens (including phenoxy) is 1. The molecule has 0 amide bonds. The van der Waals surface area contributed by atoms with E-state index in [4.69, 9.17) is 4.74 Å². The lowest BCUT2D eigenvalue weighted by Crippen LogP contribution is -2.40. The lowest BCUT2D eigenvalue weighted by Gasteiger charge is -2.32. The van der Waals surface area contributed by atoms with Gasteiger partial charge in [0.1, 0.15) is 0 Å². The summed E-state index contributed by atoms with van der Waals surface area (Å²) >= 11 is 0. The Kier molecular flexibility index (Phi) is 5.90. The predicted molar refractivity (Wildman–Crippen MR) is 73.4 cm³/mol. The van der Waals surface area contributed by atoms with Crippen molar-refractivity contribution >= 4 is 0 Å². The number of nitrogens with zero attached hydrogens (tertiary/aromatic N) is 1. The Morgan fingerprint density at radius 3 is 2.41 bits per heavy atom. The van der Waals surface area contributed by atoms with Gasteiger partial charge in [0.15, 0.2) is 0 Å². The highest BCUT2D eigenvalue weighted by molar-refractivity contribution is 4.75. The van der Waals surface area contributed by atoms with Crippen molar-refractivity contribution in [2.75, 3.05) is 33.3 Å². The first-order chi connectivity index (χ1) is 7.89. The van der Waals surface area contributed by atoms with Crippen molar-refractivity contribution in [3.63, 3.8) is 0 Å². The van der Waals surface area contributed by atoms with Crippen molar-refractivity contribution in [2.45, 2.75) is 52.7 Å². The van der Waals surface area contributed by atoms with Crippen LogP contribution in [0.1, 0.15) is 40.5 Å². The number of nitrogens with one attached hydrogen (secondary N) is 1. The zero-order chi connectivity index (χ0) is 12.9. The highest BCUT2D eigenvalue weighted by atomic mass is 16.5. The Morgan fingerprint density at radius 1 is 1.29 bits per heavy atom. The van der Waals surface area contributed by atoms with Crippen LogP contribution in [0.3, 0.4) is 0 Å². The molecule has 0 unspecified atom stereocenters. The molecule has 1 rings (SSSR count). The van der Waals surface area contributed by atoms with Gasteiger partial charge in [0.25, 0.3) is 0 Å². The summed E-state index contributed by atoms with van der Waals surface area (Å²) in [6, 6.07) is 0.553. The first-order valence-corrected chi connectivity index (χ1v) is 6.92. The fraction of sp³-hybridized carbons (Fsp3) is 1.00. The van der Waals surface area contributed by atoms with E-state index in [0.717, 1.165) is 13.2 Å². The van der Waals surface area contributed by atoms with Crippen molar-refractivity contribution in [1.82, 2.24) is 10.2 Å². The van der Waals surface area contributed by atoms with Crippen molar-refractivity contribution < 1.29 is 4.74 Å². The van der Waals surface area contributed by atoms with Crippen LogP contribution >= 0.6 is 0 Å². The molecule has 0 aromatic rings. The summed E-state index contributed by atoms with van der Waals surface area (Å²) in [6.07, 6.45) is 2.85. The maximum atomic E-state index is 6.06. The van der Waals surface area contributed by atoms with E-state index in [1.54, 1.807) is 0 Å². The number of likely N-dealkylation sites (tertiary alicyclic amines) is 1. The van der Waals surface area contributed by atoms with Crippen LogP contribution in [0.2, 0.25) is 0 Å². The molecule has 1 N–H and O–H groups in total. The van der Waals surface area contributed by atoms with Crippen LogP contribution < -0.4 is 5.32 Å². The minimum atomic E-state index is 0.230. The third-order valence-corrected chi connectivity index (χ3v) is 3.36. The second-order valence-electron chi connectivity index (χ2n) is 6.51. The van der Waals surface area contributed by atoms with E-state index in [-0.39, 0.29) is 5.41 Å². The second-order valence-corrected chi connectivity index (χ2v) is 6.51. The van der Waals surface area contributed by atoms with Crippen LogP contribution in [0.5, 0.6) is 0 Å². The van der Waals surface area contributed by atoms with Gasteiger partial charge < -0.3 is 15.0 Å². The molecular weight excluding hydrogens is 212 g/mol. The zero-order valence-electron chi connectivity index (χ0n) is 12.3. The molecule has 0 saturated carbocycles. The molecule has 102 valence electrons. The van der Waals surface area contributed by atoms with Gasteiger partial charge in [0, 0.05) is 31.1 Å². The van der Waals surface area contributed by atoms with Crippen LogP contribution in [0.25, 0.3) is 0 Å². The molecule has 3 heteroatoms. The average Bonchev–Trinajstić information content (AvgIpc) is 2.26. The van der Waals surface area contributed by atoms with E-state index in [0.29, 0.717) is 12.1 Å². The summed E-state index contributed by atoms with van der Waals surface area (Å²) in [5.41, 5.74) is 0.230. The standard InChI is InChI=1S/C14H30N2O/c1-12(2)15-10-14(3,4)11-17-13-6-8-16(5)9-7-13/h12-13,15H,6-11H2,1-5H3. The Morgan fingerprint density at radius 2 is 1.88 bits per heavy atom. The van der Waals surface area contributed by atoms with Gasteiger partial charge in [-0.1, -0.05) is 27.7 Å². The molecule has 0 aromatic carbocycles. The molecule has 0 spiro atoms. The van der Waals surface area contributed by atoms with Gasteiger partial charge in [-0.2, -0.15) is 0 Å². The Balaban J connectivity index is 2.19. The smallest absolute Gasteiger partial charge is 0.0599 e. The highest BCUT2D eigenvalue weighted by Crippen LogP contribution is 2.19. The third-order valence-electron chi connectivity index (χ3n) is 3.36. The third kappa shape index (κ3) is 6.39. The van der Waals surface area contributed by atoms with Gasteiger partial charge in [-0.25, -0.2) is 0 Å². The maximum absolute atomic E-state index is 6.06. The molecule has 0 atom stereocenters. The number of hydrogen-bond acceptors (Lipinski definition) is 3. The van der Waals surface area contributed by atoms with Crippen LogP contribution in [-0.2, 0) is 4.74 Å². The average molecular weight is 242 g/mol. The zero-order valence-corrected chi connectivity index (χ0v) is 12.3. The van der Waals surface area contributed by atoms with Gasteiger partial charge >= 0.3 is 0 Å². The number of rotatable bonds is 6. The summed E-state index contributed by atoms with van der Waals surface area (Å²) in [6.45, 7) is 13.2. The second kappa shape index (κ2) is 6.72. The summed E-state index contributed by atoms with van der Waals surface area (Å²) in [7, 11) is 2.19. The Bertz CT molecular complexity index is 208. The van der Waals surface area contributed by atoms with E-state index in [1.807, 2.05) is 0 Å². The van der Waals surface area contributed by atoms with Gasteiger partial charge in [0.2, 0.25) is 0 Å². The summed E-state index contributed by atoms with van der Waals surface area (Å²) < 4.78 is 6.06. The first kappa shape index (κ1) is 14.9. The minimum Gasteiger partial charge on any atom is -0.378 e. The largest absolute Gasteiger partial charge is 0.378 e. The van der Waals surface area contributed by atoms with E-state index < -0.39 is 0 Å². The predicted octanol–water partition coefficient (Wildman–Crippen LogP) is 2.12. The quantitative estimate of drug-likeness (QED) is 0.772. The van der Waals surface area contributed by atoms with E-state index in [9.17, 15) is 0 Å². The molecule has 1 fully saturated rings. The molecule has 1 aliphatic rings. The van der Waals surface area contributed by atoms with Gasteiger partial charge in [0.05, 0.1) is 12.7 Å². The number of hydrogen-bond donors (Lipinski definition) is 1. The normalized spacial score (nSPS) is 20.1. The first-order valence-electron chi connectivity index (χ1n) is 6.92. The lowest BCUT2D eigenvalue weighted by molar-refractivity contribution is -0.0249. The highest BCUT2D eigenvalue weighted by Gasteiger charge is 2.23. The summed E-state index contributed by atoms with van der Waals surface area (Å²) in [4.78, 5) is 2.38. The van der Waals surface area contributed by atoms with Crippen molar-refractivity contribution in [3.8, 4) is 0 Å². The summed E-state index contributed by atoms with van der Waals surface area (Å²) in [5, 5.41) is 3.49. The maximum Gasteiger partial charge on any atom is 0.0599 e. The molecule has 0 aromatic heterocycles. The van der Waals surface area contributed by atoms with Crippen molar-refractivity contribution in [3.05, 3.63) is 0 Å². The molecule has 3 nitrogen and oxygen atoms in total. The molecule has 1 heterocycles. The van der Waals surface area contributed by atoms with Crippen molar-refractivity contribution in [1.29, 1.82) is 0 Å². The molecular formula is C14H30N2O. The van der Waals surface area contributed by atoms with Gasteiger partial charge in [-0.3, -0.25) is 0 Å². The van der Waals surface area contributed by atoms with Crippen LogP contribution in [-0.4, -0.2) is 50.3 Å². The van der Waals surface area contributed by atoms with Gasteiger partial charge in [-0.15, -0.1) is 0 Å². The molecule has 17 heavy (non-hydrogen) atoms. The Labute approximate surface area is 107 Å². The van der Waals surface area contributed by atoms with E-state index in [1.165, 1.54) is 25.9 Å². The molecule has 0 bridgehead atoms. The Hall–Kier alpha value is -0.120. The van der Waals surface area contributed by atoms with Crippen LogP contribution in [0.4, 0.5) is 0 Å². The fourth-order valence-electron chi connectivity index (χ4n) is 2.03. The van der Waals surface area contributed by atoms with Crippen LogP contribution in [0.15, 0.2) is 0 Å². The summed E-state index contributed by atoms with van der Waals surface area (Å²) in [5.74, 6) is 0. The van der Waals surface area contributed by atoms with Crippen LogP contribution in [0, 0.1) is 5.41 Å². The lowest BCUT2D eigenvalue weighted by atomic mass is 9.94.